The second kappa shape index (κ2) is 6.27. The summed E-state index contributed by atoms with van der Waals surface area (Å²) in [5.41, 5.74) is 1.01. The van der Waals surface area contributed by atoms with Crippen LogP contribution in [0.25, 0.3) is 32.6 Å². The normalized spacial score (nSPS) is 17.1. The van der Waals surface area contributed by atoms with Crippen molar-refractivity contribution in [3.63, 3.8) is 0 Å². The molecule has 4 aromatic rings. The Labute approximate surface area is 156 Å². The minimum Gasteiger partial charge on any atom is -0.330 e. The summed E-state index contributed by atoms with van der Waals surface area (Å²) >= 11 is 0. The number of fused-ring (bicyclic) bond motifs is 6. The standard InChI is InChI=1S/C20H18FN3O2S/c21-11-6-7-13-15(10-11)16-14(8-9-22-19(16)25)18-17(13)23-20(24-18)27(26)12-4-2-1-3-5-12/h6-10,12H,1-5H2,(H,22,25)(H,23,24). The van der Waals surface area contributed by atoms with Crippen LogP contribution in [0.4, 0.5) is 4.39 Å². The van der Waals surface area contributed by atoms with Crippen LogP contribution in [0, 0.1) is 5.82 Å². The third-order valence-corrected chi connectivity index (χ3v) is 7.12. The van der Waals surface area contributed by atoms with E-state index in [4.69, 9.17) is 0 Å². The molecule has 5 rings (SSSR count). The summed E-state index contributed by atoms with van der Waals surface area (Å²) < 4.78 is 26.9. The first-order valence-electron chi connectivity index (χ1n) is 9.16. The first-order valence-corrected chi connectivity index (χ1v) is 10.4. The molecular formula is C20H18FN3O2S. The van der Waals surface area contributed by atoms with Crippen molar-refractivity contribution in [2.45, 2.75) is 42.5 Å². The quantitative estimate of drug-likeness (QED) is 0.511. The molecule has 2 heterocycles. The minimum absolute atomic E-state index is 0.109. The highest BCUT2D eigenvalue weighted by Gasteiger charge is 2.25. The molecule has 5 nitrogen and oxygen atoms in total. The summed E-state index contributed by atoms with van der Waals surface area (Å²) in [5, 5.41) is 2.82. The van der Waals surface area contributed by atoms with Crippen LogP contribution in [0.3, 0.4) is 0 Å². The molecule has 1 saturated carbocycles. The lowest BCUT2D eigenvalue weighted by Crippen LogP contribution is -2.19. The molecule has 0 amide bonds. The first-order chi connectivity index (χ1) is 13.1. The molecule has 1 aliphatic rings. The largest absolute Gasteiger partial charge is 0.330 e. The van der Waals surface area contributed by atoms with Gasteiger partial charge < -0.3 is 9.97 Å². The van der Waals surface area contributed by atoms with Gasteiger partial charge in [0.25, 0.3) is 5.56 Å². The summed E-state index contributed by atoms with van der Waals surface area (Å²) in [7, 11) is -1.22. The number of nitrogens with one attached hydrogen (secondary N) is 2. The van der Waals surface area contributed by atoms with Crippen molar-refractivity contribution in [1.82, 2.24) is 15.0 Å². The predicted molar refractivity (Wildman–Crippen MR) is 105 cm³/mol. The lowest BCUT2D eigenvalue weighted by atomic mass is 10.0. The van der Waals surface area contributed by atoms with Crippen molar-refractivity contribution in [2.75, 3.05) is 0 Å². The molecule has 0 spiro atoms. The number of hydrogen-bond acceptors (Lipinski definition) is 3. The highest BCUT2D eigenvalue weighted by Crippen LogP contribution is 2.34. The zero-order chi connectivity index (χ0) is 18.5. The number of hydrogen-bond donors (Lipinski definition) is 2. The summed E-state index contributed by atoms with van der Waals surface area (Å²) in [6.45, 7) is 0. The number of nitrogens with zero attached hydrogens (tertiary/aromatic N) is 1. The van der Waals surface area contributed by atoms with Gasteiger partial charge in [-0.1, -0.05) is 19.3 Å². The summed E-state index contributed by atoms with van der Waals surface area (Å²) in [4.78, 5) is 23.0. The van der Waals surface area contributed by atoms with Gasteiger partial charge >= 0.3 is 0 Å². The molecule has 7 heteroatoms. The van der Waals surface area contributed by atoms with E-state index in [1.807, 2.05) is 0 Å². The van der Waals surface area contributed by atoms with Crippen LogP contribution in [0.5, 0.6) is 0 Å². The smallest absolute Gasteiger partial charge is 0.256 e. The average Bonchev–Trinajstić information content (AvgIpc) is 3.13. The van der Waals surface area contributed by atoms with Gasteiger partial charge in [-0.25, -0.2) is 9.37 Å². The molecule has 1 aliphatic carbocycles. The van der Waals surface area contributed by atoms with E-state index >= 15 is 0 Å². The summed E-state index contributed by atoms with van der Waals surface area (Å²) in [5.74, 6) is -0.406. The molecular weight excluding hydrogens is 365 g/mol. The Hall–Kier alpha value is -2.54. The van der Waals surface area contributed by atoms with Crippen LogP contribution in [0.2, 0.25) is 0 Å². The van der Waals surface area contributed by atoms with E-state index in [9.17, 15) is 13.4 Å². The van der Waals surface area contributed by atoms with E-state index in [2.05, 4.69) is 15.0 Å². The molecule has 1 atom stereocenters. The SMILES string of the molecule is O=c1[nH]ccc2c3nc(S(=O)C4CCCCC4)[nH]c3c3ccc(F)cc3c12. The highest BCUT2D eigenvalue weighted by atomic mass is 32.2. The third-order valence-electron chi connectivity index (χ3n) is 5.46. The van der Waals surface area contributed by atoms with Gasteiger partial charge in [0.1, 0.15) is 5.82 Å². The molecule has 2 N–H and O–H groups in total. The monoisotopic (exact) mass is 383 g/mol. The van der Waals surface area contributed by atoms with Gasteiger partial charge in [0.05, 0.1) is 27.2 Å². The topological polar surface area (TPSA) is 78.6 Å². The van der Waals surface area contributed by atoms with Crippen molar-refractivity contribution in [3.8, 4) is 0 Å². The van der Waals surface area contributed by atoms with Gasteiger partial charge in [0.15, 0.2) is 5.16 Å². The Bertz CT molecular complexity index is 1270. The highest BCUT2D eigenvalue weighted by molar-refractivity contribution is 7.85. The van der Waals surface area contributed by atoms with Crippen LogP contribution < -0.4 is 5.56 Å². The number of halogens is 1. The molecule has 0 saturated heterocycles. The minimum atomic E-state index is -1.22. The first kappa shape index (κ1) is 16.6. The molecule has 1 fully saturated rings. The Balaban J connectivity index is 1.83. The van der Waals surface area contributed by atoms with Gasteiger partial charge in [-0.3, -0.25) is 9.00 Å². The number of rotatable bonds is 2. The van der Waals surface area contributed by atoms with Crippen LogP contribution in [0.1, 0.15) is 32.1 Å². The second-order valence-corrected chi connectivity index (χ2v) is 8.76. The maximum atomic E-state index is 13.9. The van der Waals surface area contributed by atoms with Crippen LogP contribution in [-0.4, -0.2) is 24.4 Å². The lowest BCUT2D eigenvalue weighted by molar-refractivity contribution is 0.503. The van der Waals surface area contributed by atoms with Gasteiger partial charge in [-0.2, -0.15) is 0 Å². The second-order valence-electron chi connectivity index (χ2n) is 7.11. The third kappa shape index (κ3) is 2.60. The fourth-order valence-corrected chi connectivity index (χ4v) is 5.62. The summed E-state index contributed by atoms with van der Waals surface area (Å²) in [6.07, 6.45) is 6.82. The lowest BCUT2D eigenvalue weighted by Gasteiger charge is -2.19. The van der Waals surface area contributed by atoms with E-state index in [0.717, 1.165) is 25.7 Å². The summed E-state index contributed by atoms with van der Waals surface area (Å²) in [6, 6.07) is 6.14. The van der Waals surface area contributed by atoms with Crippen LogP contribution in [0.15, 0.2) is 40.4 Å². The van der Waals surface area contributed by atoms with Gasteiger partial charge in [-0.05, 0) is 37.1 Å². The number of imidazole rings is 1. The maximum Gasteiger partial charge on any atom is 0.256 e. The molecule has 27 heavy (non-hydrogen) atoms. The molecule has 138 valence electrons. The van der Waals surface area contributed by atoms with E-state index in [-0.39, 0.29) is 10.8 Å². The van der Waals surface area contributed by atoms with Crippen LogP contribution in [-0.2, 0) is 10.8 Å². The van der Waals surface area contributed by atoms with Gasteiger partial charge in [0.2, 0.25) is 0 Å². The number of H-pyrrole nitrogens is 2. The van der Waals surface area contributed by atoms with Crippen molar-refractivity contribution in [2.24, 2.45) is 0 Å². The molecule has 0 bridgehead atoms. The molecule has 2 aromatic carbocycles. The zero-order valence-electron chi connectivity index (χ0n) is 14.5. The average molecular weight is 383 g/mol. The van der Waals surface area contributed by atoms with Gasteiger partial charge in [-0.15, -0.1) is 0 Å². The van der Waals surface area contributed by atoms with E-state index in [1.54, 1.807) is 18.3 Å². The molecule has 0 radical (unpaired) electrons. The Morgan fingerprint density at radius 3 is 2.70 bits per heavy atom. The number of benzene rings is 2. The van der Waals surface area contributed by atoms with Gasteiger partial charge in [0, 0.05) is 27.6 Å². The van der Waals surface area contributed by atoms with E-state index < -0.39 is 16.6 Å². The van der Waals surface area contributed by atoms with Crippen molar-refractivity contribution < 1.29 is 8.60 Å². The van der Waals surface area contributed by atoms with Crippen molar-refractivity contribution >= 4 is 43.4 Å². The fraction of sp³-hybridized carbons (Fsp3) is 0.300. The number of pyridine rings is 1. The number of aromatic amines is 2. The Kier molecular flexibility index (Phi) is 3.86. The van der Waals surface area contributed by atoms with Crippen molar-refractivity contribution in [3.05, 3.63) is 46.6 Å². The van der Waals surface area contributed by atoms with Crippen LogP contribution >= 0.6 is 0 Å². The van der Waals surface area contributed by atoms with E-state index in [0.29, 0.717) is 37.7 Å². The zero-order valence-corrected chi connectivity index (χ0v) is 15.4. The Morgan fingerprint density at radius 1 is 1.07 bits per heavy atom. The van der Waals surface area contributed by atoms with Crippen molar-refractivity contribution in [1.29, 1.82) is 0 Å². The maximum absolute atomic E-state index is 13.9. The molecule has 1 unspecified atom stereocenters. The predicted octanol–water partition coefficient (Wildman–Crippen LogP) is 4.14. The Morgan fingerprint density at radius 2 is 1.89 bits per heavy atom. The number of aromatic nitrogens is 3. The molecule has 2 aromatic heterocycles. The fourth-order valence-electron chi connectivity index (χ4n) is 4.16. The molecule has 0 aliphatic heterocycles. The van der Waals surface area contributed by atoms with E-state index in [1.165, 1.54) is 18.6 Å².